The van der Waals surface area contributed by atoms with Gasteiger partial charge in [0.05, 0.1) is 22.8 Å². The number of rotatable bonds is 5. The largest absolute Gasteiger partial charge is 0.481 e. The Morgan fingerprint density at radius 1 is 1.41 bits per heavy atom. The van der Waals surface area contributed by atoms with Crippen molar-refractivity contribution in [2.75, 3.05) is 17.7 Å². The summed E-state index contributed by atoms with van der Waals surface area (Å²) in [5.41, 5.74) is 0.367. The number of nitrogens with zero attached hydrogens (tertiary/aromatic N) is 1. The van der Waals surface area contributed by atoms with E-state index in [1.165, 1.54) is 23.1 Å². The van der Waals surface area contributed by atoms with E-state index in [2.05, 4.69) is 0 Å². The van der Waals surface area contributed by atoms with Gasteiger partial charge in [0.2, 0.25) is 0 Å². The number of amides is 1. The lowest BCUT2D eigenvalue weighted by atomic mass is 10.1. The molecule has 0 aliphatic carbocycles. The highest BCUT2D eigenvalue weighted by Crippen LogP contribution is 2.35. The molecule has 0 bridgehead atoms. The number of aliphatic carboxylic acids is 1. The van der Waals surface area contributed by atoms with Gasteiger partial charge in [-0.15, -0.1) is 0 Å². The van der Waals surface area contributed by atoms with Crippen molar-refractivity contribution in [2.45, 2.75) is 30.8 Å². The van der Waals surface area contributed by atoms with Crippen LogP contribution in [0.5, 0.6) is 5.75 Å². The summed E-state index contributed by atoms with van der Waals surface area (Å²) < 4.78 is 29.8. The number of anilines is 1. The van der Waals surface area contributed by atoms with E-state index in [4.69, 9.17) is 9.84 Å². The molecular weight excluding hydrogens is 310 g/mol. The van der Waals surface area contributed by atoms with Gasteiger partial charge in [-0.2, -0.15) is 0 Å². The van der Waals surface area contributed by atoms with Crippen molar-refractivity contribution in [1.29, 1.82) is 0 Å². The van der Waals surface area contributed by atoms with E-state index in [-0.39, 0.29) is 10.8 Å². The van der Waals surface area contributed by atoms with E-state index in [0.29, 0.717) is 17.9 Å². The van der Waals surface area contributed by atoms with Crippen LogP contribution in [0.3, 0.4) is 0 Å². The Kier molecular flexibility index (Phi) is 4.41. The molecule has 1 N–H and O–H groups in total. The maximum Gasteiger partial charge on any atom is 0.304 e. The zero-order valence-electron chi connectivity index (χ0n) is 12.3. The average molecular weight is 327 g/mol. The van der Waals surface area contributed by atoms with Gasteiger partial charge in [0, 0.05) is 7.05 Å². The molecule has 7 nitrogen and oxygen atoms in total. The molecule has 1 atom stereocenters. The first kappa shape index (κ1) is 16.3. The van der Waals surface area contributed by atoms with Crippen LogP contribution >= 0.6 is 0 Å². The molecule has 22 heavy (non-hydrogen) atoms. The van der Waals surface area contributed by atoms with Crippen LogP contribution in [0.25, 0.3) is 0 Å². The summed E-state index contributed by atoms with van der Waals surface area (Å²) in [4.78, 5) is 23.9. The van der Waals surface area contributed by atoms with Crippen LogP contribution in [-0.4, -0.2) is 44.3 Å². The zero-order chi connectivity index (χ0) is 16.5. The Hall–Kier alpha value is -2.09. The number of fused-ring (bicyclic) bond motifs is 1. The number of carboxylic acids is 1. The highest BCUT2D eigenvalue weighted by atomic mass is 32.2. The van der Waals surface area contributed by atoms with Crippen molar-refractivity contribution in [2.24, 2.45) is 0 Å². The van der Waals surface area contributed by atoms with E-state index >= 15 is 0 Å². The summed E-state index contributed by atoms with van der Waals surface area (Å²) >= 11 is 0. The molecule has 1 aromatic rings. The van der Waals surface area contributed by atoms with Gasteiger partial charge in [-0.25, -0.2) is 8.42 Å². The number of benzene rings is 1. The first-order chi connectivity index (χ1) is 10.3. The van der Waals surface area contributed by atoms with Gasteiger partial charge in [0.25, 0.3) is 5.91 Å². The van der Waals surface area contributed by atoms with Crippen LogP contribution < -0.4 is 9.64 Å². The second-order valence-corrected chi connectivity index (χ2v) is 7.11. The summed E-state index contributed by atoms with van der Waals surface area (Å²) in [6.45, 7) is 1.83. The minimum absolute atomic E-state index is 0.0225. The molecule has 0 radical (unpaired) electrons. The molecule has 1 aliphatic rings. The van der Waals surface area contributed by atoms with Crippen LogP contribution in [-0.2, 0) is 19.4 Å². The normalized spacial score (nSPS) is 17.8. The molecule has 0 fully saturated rings. The Balaban J connectivity index is 2.36. The summed E-state index contributed by atoms with van der Waals surface area (Å²) in [7, 11) is -2.17. The fourth-order valence-corrected chi connectivity index (χ4v) is 3.43. The number of ether oxygens (including phenoxy) is 1. The third kappa shape index (κ3) is 3.06. The van der Waals surface area contributed by atoms with Gasteiger partial charge in [-0.3, -0.25) is 9.59 Å². The van der Waals surface area contributed by atoms with Gasteiger partial charge >= 0.3 is 5.97 Å². The molecule has 120 valence electrons. The number of likely N-dealkylation sites (N-methyl/N-ethyl adjacent to an activating group) is 1. The molecule has 1 unspecified atom stereocenters. The molecule has 0 saturated heterocycles. The summed E-state index contributed by atoms with van der Waals surface area (Å²) in [6.07, 6.45) is -0.531. The van der Waals surface area contributed by atoms with Crippen molar-refractivity contribution < 1.29 is 27.9 Å². The topological polar surface area (TPSA) is 101 Å². The number of sulfone groups is 1. The molecule has 0 aromatic heterocycles. The van der Waals surface area contributed by atoms with Crippen molar-refractivity contribution in [3.63, 3.8) is 0 Å². The number of hydrogen-bond donors (Lipinski definition) is 1. The minimum atomic E-state index is -3.72. The third-order valence-corrected chi connectivity index (χ3v) is 5.20. The van der Waals surface area contributed by atoms with E-state index < -0.39 is 34.1 Å². The lowest BCUT2D eigenvalue weighted by molar-refractivity contribution is -0.136. The fourth-order valence-electron chi connectivity index (χ4n) is 2.19. The Labute approximate surface area is 128 Å². The van der Waals surface area contributed by atoms with Gasteiger partial charge in [-0.1, -0.05) is 6.92 Å². The molecule has 2 rings (SSSR count). The number of hydrogen-bond acceptors (Lipinski definition) is 5. The van der Waals surface area contributed by atoms with Gasteiger partial charge in [0.1, 0.15) is 5.75 Å². The summed E-state index contributed by atoms with van der Waals surface area (Å²) in [5, 5.41) is 8.61. The Morgan fingerprint density at radius 2 is 2.09 bits per heavy atom. The van der Waals surface area contributed by atoms with Crippen LogP contribution in [0.1, 0.15) is 19.8 Å². The minimum Gasteiger partial charge on any atom is -0.481 e. The monoisotopic (exact) mass is 327 g/mol. The molecule has 1 aliphatic heterocycles. The predicted molar refractivity (Wildman–Crippen MR) is 78.9 cm³/mol. The molecule has 8 heteroatoms. The number of carboxylic acid groups (broad SMARTS) is 1. The Bertz CT molecular complexity index is 712. The average Bonchev–Trinajstić information content (AvgIpc) is 2.48. The van der Waals surface area contributed by atoms with Crippen molar-refractivity contribution in [3.05, 3.63) is 18.2 Å². The standard InChI is InChI=1S/C14H17NO6S/c1-3-11-14(18)15(2)10-8-9(4-5-12(10)21-11)22(19,20)7-6-13(16)17/h4-5,8,11H,3,6-7H2,1-2H3,(H,16,17). The predicted octanol–water partition coefficient (Wildman–Crippen LogP) is 1.07. The zero-order valence-corrected chi connectivity index (χ0v) is 13.1. The van der Waals surface area contributed by atoms with Gasteiger partial charge in [0.15, 0.2) is 15.9 Å². The highest BCUT2D eigenvalue weighted by Gasteiger charge is 2.32. The molecule has 1 heterocycles. The van der Waals surface area contributed by atoms with Crippen molar-refractivity contribution >= 4 is 27.4 Å². The molecule has 1 aromatic carbocycles. The van der Waals surface area contributed by atoms with Crippen molar-refractivity contribution in [1.82, 2.24) is 0 Å². The van der Waals surface area contributed by atoms with Crippen LogP contribution in [0.2, 0.25) is 0 Å². The van der Waals surface area contributed by atoms with Crippen molar-refractivity contribution in [3.8, 4) is 5.75 Å². The lowest BCUT2D eigenvalue weighted by Gasteiger charge is -2.31. The molecule has 1 amide bonds. The first-order valence-corrected chi connectivity index (χ1v) is 8.44. The number of carbonyl (C=O) groups excluding carboxylic acids is 1. The van der Waals surface area contributed by atoms with E-state index in [1.54, 1.807) is 7.05 Å². The third-order valence-electron chi connectivity index (χ3n) is 3.48. The maximum absolute atomic E-state index is 12.1. The first-order valence-electron chi connectivity index (χ1n) is 6.79. The van der Waals surface area contributed by atoms with E-state index in [9.17, 15) is 18.0 Å². The Morgan fingerprint density at radius 3 is 2.68 bits per heavy atom. The van der Waals surface area contributed by atoms with E-state index in [1.807, 2.05) is 6.92 Å². The second-order valence-electron chi connectivity index (χ2n) is 5.00. The molecule has 0 saturated carbocycles. The van der Waals surface area contributed by atoms with Gasteiger partial charge in [-0.05, 0) is 24.6 Å². The SMILES string of the molecule is CCC1Oc2ccc(S(=O)(=O)CCC(=O)O)cc2N(C)C1=O. The lowest BCUT2D eigenvalue weighted by Crippen LogP contribution is -2.43. The molecular formula is C14H17NO6S. The smallest absolute Gasteiger partial charge is 0.304 e. The van der Waals surface area contributed by atoms with Gasteiger partial charge < -0.3 is 14.7 Å². The summed E-state index contributed by atoms with van der Waals surface area (Å²) in [6, 6.07) is 4.21. The fraction of sp³-hybridized carbons (Fsp3) is 0.429. The quantitative estimate of drug-likeness (QED) is 0.868. The molecule has 0 spiro atoms. The van der Waals surface area contributed by atoms with Crippen LogP contribution in [0, 0.1) is 0 Å². The highest BCUT2D eigenvalue weighted by molar-refractivity contribution is 7.91. The maximum atomic E-state index is 12.1. The van der Waals surface area contributed by atoms with E-state index in [0.717, 1.165) is 0 Å². The second kappa shape index (κ2) is 5.96. The number of carbonyl (C=O) groups is 2. The van der Waals surface area contributed by atoms with Crippen LogP contribution in [0.15, 0.2) is 23.1 Å². The summed E-state index contributed by atoms with van der Waals surface area (Å²) in [5.74, 6) is -1.47. The van der Waals surface area contributed by atoms with Crippen LogP contribution in [0.4, 0.5) is 5.69 Å².